The molecule has 2 aromatic rings. The maximum atomic E-state index is 10.9. The van der Waals surface area contributed by atoms with Crippen molar-refractivity contribution in [2.45, 2.75) is 40.0 Å². The molecule has 0 amide bonds. The molecule has 3 rings (SSSR count). The maximum Gasteiger partial charge on any atom is 0.309 e. The van der Waals surface area contributed by atoms with Gasteiger partial charge in [-0.05, 0) is 56.2 Å². The summed E-state index contributed by atoms with van der Waals surface area (Å²) < 4.78 is 11.4. The first-order valence-corrected chi connectivity index (χ1v) is 9.60. The third-order valence-electron chi connectivity index (χ3n) is 4.79. The van der Waals surface area contributed by atoms with Crippen molar-refractivity contribution in [1.29, 1.82) is 5.26 Å². The van der Waals surface area contributed by atoms with Crippen molar-refractivity contribution in [3.63, 3.8) is 0 Å². The summed E-state index contributed by atoms with van der Waals surface area (Å²) in [6.07, 6.45) is -0.0289. The number of aryl methyl sites for hydroxylation is 1. The number of nitrogens with zero attached hydrogens (tertiary/aromatic N) is 3. The van der Waals surface area contributed by atoms with Crippen LogP contribution in [0, 0.1) is 24.2 Å². The molecule has 1 fully saturated rings. The molecule has 0 radical (unpaired) electrons. The van der Waals surface area contributed by atoms with Gasteiger partial charge < -0.3 is 14.6 Å². The Morgan fingerprint density at radius 2 is 2.10 bits per heavy atom. The largest absolute Gasteiger partial charge is 0.488 e. The highest BCUT2D eigenvalue weighted by molar-refractivity contribution is 5.71. The lowest BCUT2D eigenvalue weighted by Gasteiger charge is -2.36. The lowest BCUT2D eigenvalue weighted by atomic mass is 9.98. The number of carbonyl (C=O) groups is 1. The second-order valence-corrected chi connectivity index (χ2v) is 7.53. The Bertz CT molecular complexity index is 930. The summed E-state index contributed by atoms with van der Waals surface area (Å²) in [5, 5.41) is 18.3. The molecule has 0 unspecified atom stereocenters. The number of pyridine rings is 1. The number of hydrogen-bond donors (Lipinski definition) is 1. The molecule has 2 heterocycles. The highest BCUT2D eigenvalue weighted by Gasteiger charge is 2.32. The molecule has 0 bridgehead atoms. The zero-order chi connectivity index (χ0) is 21.0. The number of nitriles is 1. The Balaban J connectivity index is 1.58. The molecule has 0 atom stereocenters. The number of likely N-dealkylation sites (tertiary alicyclic amines) is 1. The molecule has 1 aromatic heterocycles. The fraction of sp³-hybridized carbons (Fsp3) is 0.409. The average Bonchev–Trinajstić information content (AvgIpc) is 2.64. The first kappa shape index (κ1) is 20.6. The predicted molar refractivity (Wildman–Crippen MR) is 107 cm³/mol. The van der Waals surface area contributed by atoms with Crippen LogP contribution >= 0.6 is 0 Å². The van der Waals surface area contributed by atoms with Gasteiger partial charge in [0, 0.05) is 19.6 Å². The van der Waals surface area contributed by atoms with Crippen molar-refractivity contribution >= 4 is 5.97 Å². The molecule has 1 N–H and O–H groups in total. The Morgan fingerprint density at radius 3 is 2.72 bits per heavy atom. The molecule has 1 aromatic carbocycles. The number of rotatable bonds is 8. The zero-order valence-corrected chi connectivity index (χ0v) is 16.9. The van der Waals surface area contributed by atoms with Crippen molar-refractivity contribution in [2.75, 3.05) is 13.1 Å². The molecule has 1 aliphatic heterocycles. The molecule has 29 heavy (non-hydrogen) atoms. The number of hydrogen-bond acceptors (Lipinski definition) is 6. The van der Waals surface area contributed by atoms with Gasteiger partial charge >= 0.3 is 5.97 Å². The van der Waals surface area contributed by atoms with E-state index in [0.717, 1.165) is 23.4 Å². The monoisotopic (exact) mass is 395 g/mol. The average molecular weight is 395 g/mol. The molecule has 7 heteroatoms. The van der Waals surface area contributed by atoms with E-state index in [1.807, 2.05) is 39.0 Å². The number of aromatic nitrogens is 1. The van der Waals surface area contributed by atoms with Gasteiger partial charge in [-0.2, -0.15) is 5.26 Å². The summed E-state index contributed by atoms with van der Waals surface area (Å²) in [7, 11) is 0. The molecule has 1 aliphatic rings. The summed E-state index contributed by atoms with van der Waals surface area (Å²) in [4.78, 5) is 17.3. The topological polar surface area (TPSA) is 95.7 Å². The van der Waals surface area contributed by atoms with Gasteiger partial charge in [-0.15, -0.1) is 0 Å². The first-order chi connectivity index (χ1) is 13.9. The van der Waals surface area contributed by atoms with Gasteiger partial charge in [0.2, 0.25) is 0 Å². The Hall–Kier alpha value is -3.11. The van der Waals surface area contributed by atoms with Gasteiger partial charge in [-0.1, -0.05) is 6.07 Å². The minimum atomic E-state index is -0.723. The van der Waals surface area contributed by atoms with E-state index in [9.17, 15) is 10.1 Å². The van der Waals surface area contributed by atoms with Crippen LogP contribution in [0.3, 0.4) is 0 Å². The van der Waals surface area contributed by atoms with Crippen LogP contribution < -0.4 is 9.47 Å². The minimum Gasteiger partial charge on any atom is -0.488 e. The maximum absolute atomic E-state index is 10.9. The lowest BCUT2D eigenvalue weighted by molar-refractivity contribution is -0.147. The van der Waals surface area contributed by atoms with E-state index >= 15 is 0 Å². The van der Waals surface area contributed by atoms with Crippen molar-refractivity contribution in [3.05, 3.63) is 52.8 Å². The second-order valence-electron chi connectivity index (χ2n) is 7.53. The van der Waals surface area contributed by atoms with E-state index in [-0.39, 0.29) is 24.3 Å². The van der Waals surface area contributed by atoms with Crippen LogP contribution in [-0.4, -0.2) is 40.2 Å². The third kappa shape index (κ3) is 5.24. The summed E-state index contributed by atoms with van der Waals surface area (Å²) in [6, 6.07) is 11.5. The smallest absolute Gasteiger partial charge is 0.309 e. The van der Waals surface area contributed by atoms with E-state index in [1.165, 1.54) is 0 Å². The van der Waals surface area contributed by atoms with Gasteiger partial charge in [0.15, 0.2) is 11.4 Å². The van der Waals surface area contributed by atoms with E-state index < -0.39 is 5.97 Å². The fourth-order valence-electron chi connectivity index (χ4n) is 3.19. The van der Waals surface area contributed by atoms with Crippen molar-refractivity contribution in [1.82, 2.24) is 9.88 Å². The van der Waals surface area contributed by atoms with Crippen LogP contribution in [0.15, 0.2) is 30.3 Å². The highest BCUT2D eigenvalue weighted by Crippen LogP contribution is 2.24. The van der Waals surface area contributed by atoms with E-state index in [2.05, 4.69) is 16.0 Å². The zero-order valence-electron chi connectivity index (χ0n) is 16.9. The van der Waals surface area contributed by atoms with Crippen LogP contribution in [-0.2, 0) is 17.9 Å². The molecule has 0 aliphatic carbocycles. The molecule has 1 saturated heterocycles. The fourth-order valence-corrected chi connectivity index (χ4v) is 3.19. The van der Waals surface area contributed by atoms with Crippen LogP contribution in [0.25, 0.3) is 0 Å². The SMILES string of the molecule is Cc1cc(OCc2ccc(OC(C)C)c(C#N)n2)ccc1CN1CC(C(=O)O)C1. The van der Waals surface area contributed by atoms with E-state index in [4.69, 9.17) is 14.6 Å². The normalized spacial score (nSPS) is 14.3. The quantitative estimate of drug-likeness (QED) is 0.733. The Labute approximate surface area is 170 Å². The summed E-state index contributed by atoms with van der Waals surface area (Å²) >= 11 is 0. The Morgan fingerprint density at radius 1 is 1.34 bits per heavy atom. The van der Waals surface area contributed by atoms with E-state index in [0.29, 0.717) is 24.5 Å². The van der Waals surface area contributed by atoms with Crippen LogP contribution in [0.1, 0.15) is 36.4 Å². The molecule has 0 saturated carbocycles. The molecular weight excluding hydrogens is 370 g/mol. The number of ether oxygens (including phenoxy) is 2. The number of carboxylic acids is 1. The van der Waals surface area contributed by atoms with Crippen LogP contribution in [0.5, 0.6) is 11.5 Å². The van der Waals surface area contributed by atoms with Crippen molar-refractivity contribution < 1.29 is 19.4 Å². The van der Waals surface area contributed by atoms with E-state index in [1.54, 1.807) is 12.1 Å². The second kappa shape index (κ2) is 8.93. The highest BCUT2D eigenvalue weighted by atomic mass is 16.5. The predicted octanol–water partition coefficient (Wildman–Crippen LogP) is 3.14. The third-order valence-corrected chi connectivity index (χ3v) is 4.79. The van der Waals surface area contributed by atoms with Crippen molar-refractivity contribution in [3.8, 4) is 17.6 Å². The lowest BCUT2D eigenvalue weighted by Crippen LogP contribution is -2.49. The molecule has 0 spiro atoms. The van der Waals surface area contributed by atoms with Gasteiger partial charge in [-0.25, -0.2) is 4.98 Å². The molecular formula is C22H25N3O4. The number of aliphatic carboxylic acids is 1. The number of benzene rings is 1. The summed E-state index contributed by atoms with van der Waals surface area (Å²) in [6.45, 7) is 7.99. The van der Waals surface area contributed by atoms with Gasteiger partial charge in [0.1, 0.15) is 18.4 Å². The number of carboxylic acid groups (broad SMARTS) is 1. The van der Waals surface area contributed by atoms with Gasteiger partial charge in [0.25, 0.3) is 0 Å². The van der Waals surface area contributed by atoms with Crippen molar-refractivity contribution in [2.24, 2.45) is 5.92 Å². The minimum absolute atomic E-state index is 0.0289. The van der Waals surface area contributed by atoms with Gasteiger partial charge in [0.05, 0.1) is 17.7 Å². The molecule has 152 valence electrons. The van der Waals surface area contributed by atoms with Crippen LogP contribution in [0.2, 0.25) is 0 Å². The van der Waals surface area contributed by atoms with Gasteiger partial charge in [-0.3, -0.25) is 9.69 Å². The molecule has 7 nitrogen and oxygen atoms in total. The standard InChI is InChI=1S/C22H25N3O4/c1-14(2)29-21-7-5-18(24-20(21)9-23)13-28-19-6-4-16(15(3)8-19)10-25-11-17(12-25)22(26)27/h4-8,14,17H,10-13H2,1-3H3,(H,26,27). The summed E-state index contributed by atoms with van der Waals surface area (Å²) in [5.74, 6) is 0.225. The summed E-state index contributed by atoms with van der Waals surface area (Å²) in [5.41, 5.74) is 3.15. The first-order valence-electron chi connectivity index (χ1n) is 9.60. The van der Waals surface area contributed by atoms with Crippen LogP contribution in [0.4, 0.5) is 0 Å². The Kier molecular flexibility index (Phi) is 6.35.